The number of hydrogen-bond acceptors (Lipinski definition) is 5. The number of amides is 3. The average Bonchev–Trinajstić information content (AvgIpc) is 2.62. The molecule has 0 saturated carbocycles. The first-order valence-electron chi connectivity index (χ1n) is 8.79. The molecule has 1 heterocycles. The van der Waals surface area contributed by atoms with Crippen LogP contribution in [0.4, 0.5) is 10.5 Å². The smallest absolute Gasteiger partial charge is 0.319 e. The molecule has 0 aliphatic carbocycles. The van der Waals surface area contributed by atoms with E-state index in [0.717, 1.165) is 18.5 Å². The minimum absolute atomic E-state index is 0.185. The average molecular weight is 364 g/mol. The molecule has 0 radical (unpaired) electrons. The van der Waals surface area contributed by atoms with E-state index in [2.05, 4.69) is 21.3 Å². The highest BCUT2D eigenvalue weighted by atomic mass is 16.5. The summed E-state index contributed by atoms with van der Waals surface area (Å²) in [5.74, 6) is -0.187. The van der Waals surface area contributed by atoms with Gasteiger partial charge in [0, 0.05) is 38.0 Å². The summed E-state index contributed by atoms with van der Waals surface area (Å²) in [5, 5.41) is 21.7. The Morgan fingerprint density at radius 3 is 2.81 bits per heavy atom. The van der Waals surface area contributed by atoms with Crippen molar-refractivity contribution in [2.24, 2.45) is 0 Å². The number of β-amino-alcohol motifs (C(OH)–C–C–N with tert-alkyl or cyclic N) is 1. The van der Waals surface area contributed by atoms with E-state index in [4.69, 9.17) is 4.74 Å². The molecule has 0 bridgehead atoms. The molecule has 1 unspecified atom stereocenters. The first-order valence-corrected chi connectivity index (χ1v) is 8.79. The predicted molar refractivity (Wildman–Crippen MR) is 99.5 cm³/mol. The predicted octanol–water partition coefficient (Wildman–Crippen LogP) is 0.607. The third kappa shape index (κ3) is 5.98. The van der Waals surface area contributed by atoms with Gasteiger partial charge in [-0.2, -0.15) is 0 Å². The minimum atomic E-state index is -0.908. The second-order valence-electron chi connectivity index (χ2n) is 6.59. The molecule has 8 heteroatoms. The van der Waals surface area contributed by atoms with E-state index in [1.807, 2.05) is 6.92 Å². The van der Waals surface area contributed by atoms with Crippen molar-refractivity contribution < 1.29 is 19.4 Å². The molecule has 1 atom stereocenters. The second-order valence-corrected chi connectivity index (χ2v) is 6.59. The molecular formula is C18H28N4O4. The van der Waals surface area contributed by atoms with Gasteiger partial charge in [0.2, 0.25) is 0 Å². The molecule has 5 N–H and O–H groups in total. The van der Waals surface area contributed by atoms with Gasteiger partial charge < -0.3 is 31.1 Å². The normalized spacial score (nSPS) is 19.7. The van der Waals surface area contributed by atoms with E-state index < -0.39 is 5.60 Å². The fourth-order valence-electron chi connectivity index (χ4n) is 2.83. The molecule has 3 amide bonds. The molecule has 1 aliphatic rings. The maximum absolute atomic E-state index is 12.1. The van der Waals surface area contributed by atoms with Crippen LogP contribution in [-0.4, -0.2) is 62.5 Å². The largest absolute Gasteiger partial charge is 0.387 e. The number of carbonyl (C=O) groups excluding carboxylic acids is 2. The number of nitrogens with one attached hydrogen (secondary N) is 4. The molecule has 0 spiro atoms. The molecular weight excluding hydrogens is 336 g/mol. The number of ether oxygens (including phenoxy) is 1. The van der Waals surface area contributed by atoms with Crippen LogP contribution in [-0.2, 0) is 4.74 Å². The Morgan fingerprint density at radius 1 is 1.35 bits per heavy atom. The summed E-state index contributed by atoms with van der Waals surface area (Å²) in [5.41, 5.74) is 1.00. The molecule has 0 aromatic heterocycles. The van der Waals surface area contributed by atoms with Crippen LogP contribution >= 0.6 is 0 Å². The van der Waals surface area contributed by atoms with Gasteiger partial charge in [0.25, 0.3) is 5.91 Å². The quantitative estimate of drug-likeness (QED) is 0.455. The van der Waals surface area contributed by atoms with Crippen molar-refractivity contribution >= 4 is 17.6 Å². The Morgan fingerprint density at radius 2 is 2.15 bits per heavy atom. The van der Waals surface area contributed by atoms with E-state index in [-0.39, 0.29) is 18.5 Å². The lowest BCUT2D eigenvalue weighted by Gasteiger charge is -2.32. The lowest BCUT2D eigenvalue weighted by molar-refractivity contribution is 0.0198. The summed E-state index contributed by atoms with van der Waals surface area (Å²) in [7, 11) is 1.57. The fraction of sp³-hybridized carbons (Fsp3) is 0.556. The van der Waals surface area contributed by atoms with Gasteiger partial charge in [-0.25, -0.2) is 4.79 Å². The van der Waals surface area contributed by atoms with Crippen LogP contribution in [0, 0.1) is 6.92 Å². The molecule has 1 fully saturated rings. The van der Waals surface area contributed by atoms with Crippen LogP contribution in [0.15, 0.2) is 18.2 Å². The van der Waals surface area contributed by atoms with E-state index in [1.165, 1.54) is 0 Å². The van der Waals surface area contributed by atoms with Crippen LogP contribution in [0.2, 0.25) is 0 Å². The van der Waals surface area contributed by atoms with Gasteiger partial charge in [-0.05, 0) is 50.1 Å². The zero-order valence-corrected chi connectivity index (χ0v) is 15.4. The lowest BCUT2D eigenvalue weighted by atomic mass is 9.94. The number of aliphatic hydroxyl groups is 1. The lowest BCUT2D eigenvalue weighted by Crippen LogP contribution is -2.53. The Kier molecular flexibility index (Phi) is 7.38. The van der Waals surface area contributed by atoms with Crippen molar-refractivity contribution in [1.29, 1.82) is 0 Å². The first-order chi connectivity index (χ1) is 12.4. The summed E-state index contributed by atoms with van der Waals surface area (Å²) in [6.45, 7) is 4.25. The van der Waals surface area contributed by atoms with Gasteiger partial charge in [0.15, 0.2) is 0 Å². The molecule has 8 nitrogen and oxygen atoms in total. The van der Waals surface area contributed by atoms with Crippen molar-refractivity contribution in [3.63, 3.8) is 0 Å². The highest BCUT2D eigenvalue weighted by molar-refractivity contribution is 5.96. The number of urea groups is 1. The van der Waals surface area contributed by atoms with Crippen LogP contribution in [0.5, 0.6) is 0 Å². The number of benzene rings is 1. The number of aryl methyl sites for hydroxylation is 1. The third-order valence-corrected chi connectivity index (χ3v) is 4.36. The topological polar surface area (TPSA) is 112 Å². The van der Waals surface area contributed by atoms with Crippen LogP contribution in [0.3, 0.4) is 0 Å². The Hall–Kier alpha value is -2.16. The molecule has 26 heavy (non-hydrogen) atoms. The van der Waals surface area contributed by atoms with Crippen LogP contribution in [0.1, 0.15) is 28.8 Å². The number of carbonyl (C=O) groups is 2. The van der Waals surface area contributed by atoms with E-state index in [9.17, 15) is 14.7 Å². The Balaban J connectivity index is 1.86. The van der Waals surface area contributed by atoms with Gasteiger partial charge >= 0.3 is 6.03 Å². The third-order valence-electron chi connectivity index (χ3n) is 4.36. The SMILES string of the molecule is COCCNC(=O)c1ccc(NC(=O)NCC2(O)CCCNC2)c(C)c1. The number of piperidine rings is 1. The molecule has 1 aromatic carbocycles. The number of rotatable bonds is 7. The summed E-state index contributed by atoms with van der Waals surface area (Å²) in [6.07, 6.45) is 1.54. The Bertz CT molecular complexity index is 630. The fourth-order valence-corrected chi connectivity index (χ4v) is 2.83. The van der Waals surface area contributed by atoms with Crippen molar-refractivity contribution in [2.45, 2.75) is 25.4 Å². The van der Waals surface area contributed by atoms with E-state index >= 15 is 0 Å². The van der Waals surface area contributed by atoms with Crippen LogP contribution in [0.25, 0.3) is 0 Å². The molecule has 1 aromatic rings. The zero-order valence-electron chi connectivity index (χ0n) is 15.4. The summed E-state index contributed by atoms with van der Waals surface area (Å²) >= 11 is 0. The second kappa shape index (κ2) is 9.51. The first kappa shape index (κ1) is 20.2. The molecule has 1 saturated heterocycles. The maximum atomic E-state index is 12.1. The van der Waals surface area contributed by atoms with Gasteiger partial charge in [-0.3, -0.25) is 4.79 Å². The molecule has 144 valence electrons. The minimum Gasteiger partial charge on any atom is -0.387 e. The van der Waals surface area contributed by atoms with Crippen molar-refractivity contribution in [3.8, 4) is 0 Å². The van der Waals surface area contributed by atoms with E-state index in [0.29, 0.717) is 37.4 Å². The standard InChI is InChI=1S/C18H28N4O4/c1-13-10-14(16(23)20-8-9-26-2)4-5-15(13)22-17(24)21-12-18(25)6-3-7-19-11-18/h4-5,10,19,25H,3,6-9,11-12H2,1-2H3,(H,20,23)(H2,21,22,24). The highest BCUT2D eigenvalue weighted by Gasteiger charge is 2.29. The molecule has 2 rings (SSSR count). The Labute approximate surface area is 153 Å². The van der Waals surface area contributed by atoms with Crippen molar-refractivity contribution in [2.75, 3.05) is 45.2 Å². The maximum Gasteiger partial charge on any atom is 0.319 e. The highest BCUT2D eigenvalue weighted by Crippen LogP contribution is 2.17. The van der Waals surface area contributed by atoms with Crippen molar-refractivity contribution in [3.05, 3.63) is 29.3 Å². The summed E-state index contributed by atoms with van der Waals surface area (Å²) in [6, 6.07) is 4.68. The number of anilines is 1. The van der Waals surface area contributed by atoms with Crippen molar-refractivity contribution in [1.82, 2.24) is 16.0 Å². The monoisotopic (exact) mass is 364 g/mol. The van der Waals surface area contributed by atoms with Gasteiger partial charge in [0.05, 0.1) is 12.2 Å². The number of hydrogen-bond donors (Lipinski definition) is 5. The van der Waals surface area contributed by atoms with Crippen LogP contribution < -0.4 is 21.3 Å². The van der Waals surface area contributed by atoms with Gasteiger partial charge in [0.1, 0.15) is 0 Å². The summed E-state index contributed by atoms with van der Waals surface area (Å²) < 4.78 is 4.90. The molecule has 1 aliphatic heterocycles. The van der Waals surface area contributed by atoms with Gasteiger partial charge in [-0.15, -0.1) is 0 Å². The zero-order chi connectivity index (χ0) is 19.0. The van der Waals surface area contributed by atoms with E-state index in [1.54, 1.807) is 25.3 Å². The van der Waals surface area contributed by atoms with Gasteiger partial charge in [-0.1, -0.05) is 0 Å². The summed E-state index contributed by atoms with van der Waals surface area (Å²) in [4.78, 5) is 24.1. The number of methoxy groups -OCH3 is 1.